The standard InChI is InChI=1S/C35H43FN2O4/c1-24(2)41-21-6-7-31-33(27-10-14-29(15-11-27)42-22-16-26-8-12-28(36)13-9-26)34(30(23-32(39)40)25(3)37-31)38-19-17-35(4,5)18-20-38/h6-15,24H,16-23H2,1-5H3,(H,39,40)/b7-6+. The fraction of sp³-hybridized carbons (Fsp3) is 0.429. The summed E-state index contributed by atoms with van der Waals surface area (Å²) >= 11 is 0. The van der Waals surface area contributed by atoms with Crippen LogP contribution in [0, 0.1) is 18.2 Å². The zero-order valence-corrected chi connectivity index (χ0v) is 25.5. The molecule has 7 heteroatoms. The van der Waals surface area contributed by atoms with Gasteiger partial charge < -0.3 is 19.5 Å². The largest absolute Gasteiger partial charge is 0.493 e. The third kappa shape index (κ3) is 8.41. The van der Waals surface area contributed by atoms with Crippen molar-refractivity contribution in [1.82, 2.24) is 4.98 Å². The van der Waals surface area contributed by atoms with Gasteiger partial charge in [0, 0.05) is 36.3 Å². The first kappa shape index (κ1) is 31.2. The number of anilines is 1. The zero-order valence-electron chi connectivity index (χ0n) is 25.5. The maximum Gasteiger partial charge on any atom is 0.307 e. The number of carbonyl (C=O) groups is 1. The lowest BCUT2D eigenvalue weighted by Crippen LogP contribution is -2.38. The van der Waals surface area contributed by atoms with Crippen molar-refractivity contribution in [1.29, 1.82) is 0 Å². The number of halogens is 1. The van der Waals surface area contributed by atoms with E-state index < -0.39 is 5.97 Å². The Labute approximate surface area is 249 Å². The number of nitrogens with zero attached hydrogens (tertiary/aromatic N) is 2. The van der Waals surface area contributed by atoms with E-state index in [1.54, 1.807) is 12.1 Å². The van der Waals surface area contributed by atoms with E-state index in [-0.39, 0.29) is 23.8 Å². The van der Waals surface area contributed by atoms with Crippen molar-refractivity contribution in [2.24, 2.45) is 5.41 Å². The summed E-state index contributed by atoms with van der Waals surface area (Å²) in [6.45, 7) is 13.1. The second-order valence-electron chi connectivity index (χ2n) is 12.0. The molecule has 2 aromatic carbocycles. The van der Waals surface area contributed by atoms with Crippen LogP contribution in [0.1, 0.15) is 63.1 Å². The Morgan fingerprint density at radius 2 is 1.76 bits per heavy atom. The number of carboxylic acids is 1. The van der Waals surface area contributed by atoms with Crippen LogP contribution in [-0.4, -0.2) is 48.5 Å². The molecule has 224 valence electrons. The van der Waals surface area contributed by atoms with Crippen LogP contribution >= 0.6 is 0 Å². The second-order valence-corrected chi connectivity index (χ2v) is 12.0. The number of aliphatic carboxylic acids is 1. The van der Waals surface area contributed by atoms with Crippen LogP contribution in [0.25, 0.3) is 17.2 Å². The number of hydrogen-bond donors (Lipinski definition) is 1. The summed E-state index contributed by atoms with van der Waals surface area (Å²) in [4.78, 5) is 19.3. The van der Waals surface area contributed by atoms with E-state index in [1.165, 1.54) is 12.1 Å². The lowest BCUT2D eigenvalue weighted by atomic mass is 9.82. The molecule has 1 aromatic heterocycles. The Morgan fingerprint density at radius 3 is 2.38 bits per heavy atom. The number of carboxylic acid groups (broad SMARTS) is 1. The van der Waals surface area contributed by atoms with E-state index in [1.807, 2.05) is 57.2 Å². The van der Waals surface area contributed by atoms with Gasteiger partial charge in [-0.2, -0.15) is 0 Å². The number of aromatic nitrogens is 1. The average molecular weight is 575 g/mol. The average Bonchev–Trinajstić information content (AvgIpc) is 2.94. The number of pyridine rings is 1. The van der Waals surface area contributed by atoms with Gasteiger partial charge in [0.15, 0.2) is 0 Å². The van der Waals surface area contributed by atoms with Gasteiger partial charge in [0.1, 0.15) is 11.6 Å². The first-order chi connectivity index (χ1) is 20.0. The molecule has 6 nitrogen and oxygen atoms in total. The van der Waals surface area contributed by atoms with Gasteiger partial charge in [0.05, 0.1) is 37.1 Å². The maximum atomic E-state index is 13.2. The highest BCUT2D eigenvalue weighted by molar-refractivity contribution is 5.89. The van der Waals surface area contributed by atoms with Crippen LogP contribution in [0.2, 0.25) is 0 Å². The molecule has 42 heavy (non-hydrogen) atoms. The van der Waals surface area contributed by atoms with E-state index in [9.17, 15) is 14.3 Å². The molecule has 0 unspecified atom stereocenters. The molecule has 0 spiro atoms. The predicted molar refractivity (Wildman–Crippen MR) is 167 cm³/mol. The molecule has 0 saturated carbocycles. The van der Waals surface area contributed by atoms with Gasteiger partial charge in [-0.15, -0.1) is 0 Å². The summed E-state index contributed by atoms with van der Waals surface area (Å²) < 4.78 is 24.9. The number of ether oxygens (including phenoxy) is 2. The van der Waals surface area contributed by atoms with Gasteiger partial charge in [0.25, 0.3) is 0 Å². The SMILES string of the molecule is Cc1nc(/C=C/COC(C)C)c(-c2ccc(OCCc3ccc(F)cc3)cc2)c(N2CCC(C)(C)CC2)c1CC(=O)O. The van der Waals surface area contributed by atoms with Gasteiger partial charge in [0.2, 0.25) is 0 Å². The van der Waals surface area contributed by atoms with Gasteiger partial charge >= 0.3 is 5.97 Å². The molecule has 1 aliphatic rings. The number of hydrogen-bond acceptors (Lipinski definition) is 5. The molecule has 0 radical (unpaired) electrons. The highest BCUT2D eigenvalue weighted by atomic mass is 19.1. The molecule has 2 heterocycles. The van der Waals surface area contributed by atoms with E-state index in [2.05, 4.69) is 18.7 Å². The smallest absolute Gasteiger partial charge is 0.307 e. The number of aryl methyl sites for hydroxylation is 1. The number of piperidine rings is 1. The van der Waals surface area contributed by atoms with Crippen LogP contribution in [-0.2, 0) is 22.4 Å². The van der Waals surface area contributed by atoms with Crippen molar-refractivity contribution in [3.63, 3.8) is 0 Å². The first-order valence-corrected chi connectivity index (χ1v) is 14.8. The Hall–Kier alpha value is -3.71. The molecule has 0 atom stereocenters. The summed E-state index contributed by atoms with van der Waals surface area (Å²) in [7, 11) is 0. The predicted octanol–water partition coefficient (Wildman–Crippen LogP) is 7.51. The third-order valence-electron chi connectivity index (χ3n) is 7.78. The van der Waals surface area contributed by atoms with Gasteiger partial charge in [-0.05, 0) is 80.5 Å². The van der Waals surface area contributed by atoms with Gasteiger partial charge in [-0.3, -0.25) is 9.78 Å². The quantitative estimate of drug-likeness (QED) is 0.241. The first-order valence-electron chi connectivity index (χ1n) is 14.8. The van der Waals surface area contributed by atoms with Crippen molar-refractivity contribution in [3.8, 4) is 16.9 Å². The van der Waals surface area contributed by atoms with Crippen molar-refractivity contribution in [3.05, 3.63) is 82.9 Å². The molecule has 0 amide bonds. The molecule has 1 saturated heterocycles. The highest BCUT2D eigenvalue weighted by Crippen LogP contribution is 2.42. The van der Waals surface area contributed by atoms with Crippen LogP contribution in [0.15, 0.2) is 54.6 Å². The molecule has 0 aliphatic carbocycles. The monoisotopic (exact) mass is 574 g/mol. The van der Waals surface area contributed by atoms with Crippen molar-refractivity contribution < 1.29 is 23.8 Å². The minimum absolute atomic E-state index is 0.0912. The Bertz CT molecular complexity index is 1370. The molecule has 0 bridgehead atoms. The fourth-order valence-electron chi connectivity index (χ4n) is 5.26. The summed E-state index contributed by atoms with van der Waals surface area (Å²) in [5.41, 5.74) is 6.36. The number of rotatable bonds is 12. The third-order valence-corrected chi connectivity index (χ3v) is 7.78. The fourth-order valence-corrected chi connectivity index (χ4v) is 5.26. The van der Waals surface area contributed by atoms with Crippen LogP contribution in [0.4, 0.5) is 10.1 Å². The molecule has 3 aromatic rings. The number of benzene rings is 2. The lowest BCUT2D eigenvalue weighted by molar-refractivity contribution is -0.136. The van der Waals surface area contributed by atoms with E-state index in [0.717, 1.165) is 71.0 Å². The van der Waals surface area contributed by atoms with E-state index in [4.69, 9.17) is 14.5 Å². The van der Waals surface area contributed by atoms with Gasteiger partial charge in [-0.1, -0.05) is 44.2 Å². The summed E-state index contributed by atoms with van der Waals surface area (Å²) in [6, 6.07) is 14.4. The summed E-state index contributed by atoms with van der Waals surface area (Å²) in [5, 5.41) is 9.86. The highest BCUT2D eigenvalue weighted by Gasteiger charge is 2.30. The Kier molecular flexibility index (Phi) is 10.4. The minimum atomic E-state index is -0.872. The Morgan fingerprint density at radius 1 is 1.10 bits per heavy atom. The zero-order chi connectivity index (χ0) is 30.3. The molecule has 1 N–H and O–H groups in total. The van der Waals surface area contributed by atoms with Crippen LogP contribution < -0.4 is 9.64 Å². The summed E-state index contributed by atoms with van der Waals surface area (Å²) in [5.74, 6) is -0.389. The maximum absolute atomic E-state index is 13.2. The molecular formula is C35H43FN2O4. The van der Waals surface area contributed by atoms with Crippen LogP contribution in [0.5, 0.6) is 5.75 Å². The normalized spacial score (nSPS) is 15.0. The Balaban J connectivity index is 1.70. The van der Waals surface area contributed by atoms with E-state index >= 15 is 0 Å². The topological polar surface area (TPSA) is 71.9 Å². The van der Waals surface area contributed by atoms with E-state index in [0.29, 0.717) is 19.6 Å². The molecule has 1 fully saturated rings. The van der Waals surface area contributed by atoms with Crippen molar-refractivity contribution in [2.45, 2.75) is 66.4 Å². The second kappa shape index (κ2) is 14.0. The minimum Gasteiger partial charge on any atom is -0.493 e. The van der Waals surface area contributed by atoms with Gasteiger partial charge in [-0.25, -0.2) is 4.39 Å². The molecule has 4 rings (SSSR count). The van der Waals surface area contributed by atoms with Crippen molar-refractivity contribution in [2.75, 3.05) is 31.2 Å². The lowest BCUT2D eigenvalue weighted by Gasteiger charge is -2.40. The van der Waals surface area contributed by atoms with Crippen molar-refractivity contribution >= 4 is 17.7 Å². The summed E-state index contributed by atoms with van der Waals surface area (Å²) in [6.07, 6.45) is 6.70. The van der Waals surface area contributed by atoms with Crippen LogP contribution in [0.3, 0.4) is 0 Å². The molecule has 1 aliphatic heterocycles. The molecular weight excluding hydrogens is 531 g/mol.